The highest BCUT2D eigenvalue weighted by atomic mass is 16.2. The van der Waals surface area contributed by atoms with Gasteiger partial charge in [-0.15, -0.1) is 0 Å². The first-order valence-electron chi connectivity index (χ1n) is 7.81. The van der Waals surface area contributed by atoms with Crippen LogP contribution in [0.15, 0.2) is 24.3 Å². The molecule has 0 unspecified atom stereocenters. The zero-order valence-corrected chi connectivity index (χ0v) is 13.2. The molecule has 0 radical (unpaired) electrons. The smallest absolute Gasteiger partial charge is 0.323 e. The summed E-state index contributed by atoms with van der Waals surface area (Å²) in [5.41, 5.74) is 0.742. The summed E-state index contributed by atoms with van der Waals surface area (Å²) in [6, 6.07) is 11.0. The number of benzene rings is 1. The molecule has 2 aliphatic heterocycles. The van der Waals surface area contributed by atoms with E-state index in [4.69, 9.17) is 10.5 Å². The third-order valence-corrected chi connectivity index (χ3v) is 4.72. The Labute approximate surface area is 140 Å². The number of carbonyl (C=O) groups excluding carboxylic acids is 2. The summed E-state index contributed by atoms with van der Waals surface area (Å²) in [7, 11) is 0. The van der Waals surface area contributed by atoms with Crippen molar-refractivity contribution in [2.45, 2.75) is 24.9 Å². The number of carbonyl (C=O) groups is 2. The molecular weight excluding hydrogens is 306 g/mol. The van der Waals surface area contributed by atoms with Crippen LogP contribution in [0.1, 0.15) is 24.0 Å². The fourth-order valence-electron chi connectivity index (χ4n) is 3.33. The number of hydrogen-bond donors (Lipinski definition) is 1. The van der Waals surface area contributed by atoms with Crippen molar-refractivity contribution in [1.82, 2.24) is 15.1 Å². The van der Waals surface area contributed by atoms with E-state index in [1.807, 2.05) is 24.3 Å². The normalized spacial score (nSPS) is 19.8. The number of amides is 3. The zero-order valence-electron chi connectivity index (χ0n) is 13.2. The van der Waals surface area contributed by atoms with Crippen LogP contribution in [0, 0.1) is 22.7 Å². The fraction of sp³-hybridized carbons (Fsp3) is 0.412. The highest BCUT2D eigenvalue weighted by molar-refractivity contribution is 6.07. The molecule has 3 amide bonds. The van der Waals surface area contributed by atoms with Gasteiger partial charge in [-0.1, -0.05) is 18.2 Å². The second-order valence-corrected chi connectivity index (χ2v) is 6.11. The Morgan fingerprint density at radius 1 is 1.17 bits per heavy atom. The summed E-state index contributed by atoms with van der Waals surface area (Å²) in [6.07, 6.45) is 1.02. The number of likely N-dealkylation sites (tertiary alicyclic amines) is 1. The maximum Gasteiger partial charge on any atom is 0.325 e. The summed E-state index contributed by atoms with van der Waals surface area (Å²) in [5, 5.41) is 20.7. The van der Waals surface area contributed by atoms with Gasteiger partial charge >= 0.3 is 6.03 Å². The maximum atomic E-state index is 12.5. The van der Waals surface area contributed by atoms with Crippen molar-refractivity contribution in [3.8, 4) is 12.1 Å². The van der Waals surface area contributed by atoms with Crippen LogP contribution in [0.4, 0.5) is 4.79 Å². The lowest BCUT2D eigenvalue weighted by Crippen LogP contribution is -2.54. The molecule has 7 nitrogen and oxygen atoms in total. The van der Waals surface area contributed by atoms with E-state index in [1.54, 1.807) is 6.07 Å². The van der Waals surface area contributed by atoms with Gasteiger partial charge in [-0.3, -0.25) is 9.69 Å². The number of nitriles is 2. The van der Waals surface area contributed by atoms with Crippen molar-refractivity contribution in [1.29, 1.82) is 10.5 Å². The highest BCUT2D eigenvalue weighted by Gasteiger charge is 2.52. The van der Waals surface area contributed by atoms with Crippen molar-refractivity contribution >= 4 is 11.9 Å². The zero-order chi connectivity index (χ0) is 17.2. The molecule has 0 aromatic heterocycles. The van der Waals surface area contributed by atoms with E-state index in [-0.39, 0.29) is 12.5 Å². The SMILES string of the molecule is N#CCN1C(=O)NC2(CCN(Cc3ccccc3C#N)CC2)C1=O. The average molecular weight is 323 g/mol. The molecule has 0 aliphatic carbocycles. The van der Waals surface area contributed by atoms with Crippen LogP contribution in [0.3, 0.4) is 0 Å². The molecule has 7 heteroatoms. The Bertz CT molecular complexity index is 753. The predicted octanol–water partition coefficient (Wildman–Crippen LogP) is 0.968. The van der Waals surface area contributed by atoms with Gasteiger partial charge in [0.05, 0.1) is 17.7 Å². The first-order valence-corrected chi connectivity index (χ1v) is 7.81. The molecule has 122 valence electrons. The largest absolute Gasteiger partial charge is 0.325 e. The van der Waals surface area contributed by atoms with Crippen LogP contribution in [-0.4, -0.2) is 46.9 Å². The van der Waals surface area contributed by atoms with E-state index in [2.05, 4.69) is 16.3 Å². The van der Waals surface area contributed by atoms with Crippen LogP contribution >= 0.6 is 0 Å². The predicted molar refractivity (Wildman–Crippen MR) is 84.3 cm³/mol. The number of piperidine rings is 1. The van der Waals surface area contributed by atoms with E-state index in [1.165, 1.54) is 0 Å². The standard InChI is InChI=1S/C17H17N5O2/c18-7-10-22-15(23)17(20-16(22)24)5-8-21(9-6-17)12-14-4-2-1-3-13(14)11-19/h1-4H,5-6,8-10,12H2,(H,20,24). The highest BCUT2D eigenvalue weighted by Crippen LogP contribution is 2.30. The van der Waals surface area contributed by atoms with Crippen molar-refractivity contribution in [3.05, 3.63) is 35.4 Å². The van der Waals surface area contributed by atoms with Gasteiger partial charge in [0.2, 0.25) is 0 Å². The quantitative estimate of drug-likeness (QED) is 0.660. The lowest BCUT2D eigenvalue weighted by molar-refractivity contribution is -0.132. The van der Waals surface area contributed by atoms with Crippen molar-refractivity contribution in [3.63, 3.8) is 0 Å². The number of urea groups is 1. The van der Waals surface area contributed by atoms with Crippen molar-refractivity contribution < 1.29 is 9.59 Å². The molecule has 0 atom stereocenters. The van der Waals surface area contributed by atoms with E-state index in [0.717, 1.165) is 10.5 Å². The first-order chi connectivity index (χ1) is 11.6. The minimum Gasteiger partial charge on any atom is -0.323 e. The van der Waals surface area contributed by atoms with Gasteiger partial charge in [0.15, 0.2) is 0 Å². The molecule has 0 saturated carbocycles. The van der Waals surface area contributed by atoms with Crippen LogP contribution in [0.2, 0.25) is 0 Å². The maximum absolute atomic E-state index is 12.5. The molecule has 1 N–H and O–H groups in total. The molecule has 1 aromatic carbocycles. The molecule has 1 aromatic rings. The summed E-state index contributed by atoms with van der Waals surface area (Å²) < 4.78 is 0. The number of imide groups is 1. The minimum absolute atomic E-state index is 0.217. The summed E-state index contributed by atoms with van der Waals surface area (Å²) >= 11 is 0. The number of rotatable bonds is 3. The van der Waals surface area contributed by atoms with Gasteiger partial charge in [-0.05, 0) is 24.5 Å². The molecule has 2 fully saturated rings. The van der Waals surface area contributed by atoms with Gasteiger partial charge in [-0.25, -0.2) is 9.69 Å². The van der Waals surface area contributed by atoms with Gasteiger partial charge in [-0.2, -0.15) is 10.5 Å². The van der Waals surface area contributed by atoms with Crippen LogP contribution in [0.5, 0.6) is 0 Å². The fourth-order valence-corrected chi connectivity index (χ4v) is 3.33. The van der Waals surface area contributed by atoms with E-state index in [9.17, 15) is 9.59 Å². The molecule has 24 heavy (non-hydrogen) atoms. The van der Waals surface area contributed by atoms with E-state index >= 15 is 0 Å². The van der Waals surface area contributed by atoms with Gasteiger partial charge in [0, 0.05) is 19.6 Å². The Morgan fingerprint density at radius 2 is 1.88 bits per heavy atom. The van der Waals surface area contributed by atoms with Crippen molar-refractivity contribution in [2.75, 3.05) is 19.6 Å². The number of nitrogens with one attached hydrogen (secondary N) is 1. The topological polar surface area (TPSA) is 100 Å². The van der Waals surface area contributed by atoms with Gasteiger partial charge in [0.25, 0.3) is 5.91 Å². The lowest BCUT2D eigenvalue weighted by atomic mass is 9.87. The molecule has 2 heterocycles. The summed E-state index contributed by atoms with van der Waals surface area (Å²) in [4.78, 5) is 27.5. The monoisotopic (exact) mass is 323 g/mol. The van der Waals surface area contributed by atoms with Crippen molar-refractivity contribution in [2.24, 2.45) is 0 Å². The minimum atomic E-state index is -0.876. The number of nitrogens with zero attached hydrogens (tertiary/aromatic N) is 4. The lowest BCUT2D eigenvalue weighted by Gasteiger charge is -2.37. The van der Waals surface area contributed by atoms with Crippen LogP contribution in [-0.2, 0) is 11.3 Å². The number of hydrogen-bond acceptors (Lipinski definition) is 5. The molecule has 3 rings (SSSR count). The third-order valence-electron chi connectivity index (χ3n) is 4.72. The molecule has 1 spiro atoms. The Morgan fingerprint density at radius 3 is 2.54 bits per heavy atom. The second-order valence-electron chi connectivity index (χ2n) is 6.11. The Balaban J connectivity index is 1.66. The molecule has 2 aliphatic rings. The Kier molecular flexibility index (Phi) is 4.20. The van der Waals surface area contributed by atoms with Crippen LogP contribution in [0.25, 0.3) is 0 Å². The van der Waals surface area contributed by atoms with Crippen LogP contribution < -0.4 is 5.32 Å². The van der Waals surface area contributed by atoms with Gasteiger partial charge in [0.1, 0.15) is 12.1 Å². The summed E-state index contributed by atoms with van der Waals surface area (Å²) in [5.74, 6) is -0.300. The van der Waals surface area contributed by atoms with Gasteiger partial charge < -0.3 is 5.32 Å². The third kappa shape index (κ3) is 2.70. The summed E-state index contributed by atoms with van der Waals surface area (Å²) in [6.45, 7) is 1.72. The second kappa shape index (κ2) is 6.31. The molecule has 0 bridgehead atoms. The molecule has 2 saturated heterocycles. The van der Waals surface area contributed by atoms with E-state index in [0.29, 0.717) is 38.0 Å². The Hall–Kier alpha value is -2.90. The average Bonchev–Trinajstić information content (AvgIpc) is 2.82. The van der Waals surface area contributed by atoms with E-state index < -0.39 is 11.6 Å². The first kappa shape index (κ1) is 16.0. The molecular formula is C17H17N5O2.